The van der Waals surface area contributed by atoms with Gasteiger partial charge < -0.3 is 20.9 Å². The number of ether oxygens (including phenoxy) is 1. The number of hydrogen-bond acceptors (Lipinski definition) is 4. The Morgan fingerprint density at radius 2 is 2.04 bits per heavy atom. The normalized spacial score (nSPS) is 27.0. The predicted octanol–water partition coefficient (Wildman–Crippen LogP) is 2.10. The Morgan fingerprint density at radius 3 is 2.48 bits per heavy atom. The van der Waals surface area contributed by atoms with E-state index in [1.165, 1.54) is 0 Å². The number of hydrogen-bond donors (Lipinski definition) is 3. The minimum atomic E-state index is -0.867. The second-order valence-corrected chi connectivity index (χ2v) is 7.56. The van der Waals surface area contributed by atoms with Gasteiger partial charge in [-0.2, -0.15) is 0 Å². The topological polar surface area (TPSA) is 84.6 Å². The fourth-order valence-electron chi connectivity index (χ4n) is 3.37. The third kappa shape index (κ3) is 5.05. The Kier molecular flexibility index (Phi) is 9.06. The quantitative estimate of drug-likeness (QED) is 0.594. The van der Waals surface area contributed by atoms with E-state index in [1.807, 2.05) is 20.8 Å². The van der Waals surface area contributed by atoms with Crippen LogP contribution in [0.3, 0.4) is 0 Å². The summed E-state index contributed by atoms with van der Waals surface area (Å²) in [7, 11) is 0. The third-order valence-corrected chi connectivity index (χ3v) is 5.13. The van der Waals surface area contributed by atoms with Gasteiger partial charge in [0.1, 0.15) is 5.54 Å². The van der Waals surface area contributed by atoms with Crippen LogP contribution in [0, 0.1) is 17.3 Å². The van der Waals surface area contributed by atoms with Gasteiger partial charge in [-0.15, -0.1) is 12.4 Å². The van der Waals surface area contributed by atoms with Crippen molar-refractivity contribution in [2.24, 2.45) is 23.0 Å². The molecule has 1 saturated carbocycles. The van der Waals surface area contributed by atoms with Gasteiger partial charge in [-0.1, -0.05) is 27.7 Å². The highest BCUT2D eigenvalue weighted by atomic mass is 35.5. The number of aliphatic hydroxyl groups excluding tert-OH is 1. The fourth-order valence-corrected chi connectivity index (χ4v) is 3.37. The van der Waals surface area contributed by atoms with E-state index in [2.05, 4.69) is 19.2 Å². The van der Waals surface area contributed by atoms with Crippen molar-refractivity contribution in [3.63, 3.8) is 0 Å². The first-order valence-corrected chi connectivity index (χ1v) is 8.48. The molecule has 1 aliphatic rings. The molecule has 4 N–H and O–H groups in total. The van der Waals surface area contributed by atoms with Crippen LogP contribution < -0.4 is 11.1 Å². The minimum Gasteiger partial charge on any atom is -0.396 e. The Bertz CT molecular complexity index is 377. The first-order chi connectivity index (χ1) is 10.2. The lowest BCUT2D eigenvalue weighted by Crippen LogP contribution is -2.75. The highest BCUT2D eigenvalue weighted by molar-refractivity contribution is 5.88. The number of nitrogens with two attached hydrogens (primary N) is 1. The first-order valence-electron chi connectivity index (χ1n) is 8.48. The summed E-state index contributed by atoms with van der Waals surface area (Å²) in [5.41, 5.74) is 5.13. The van der Waals surface area contributed by atoms with E-state index in [0.717, 1.165) is 6.42 Å². The van der Waals surface area contributed by atoms with Crippen LogP contribution in [0.25, 0.3) is 0 Å². The van der Waals surface area contributed by atoms with E-state index in [-0.39, 0.29) is 36.4 Å². The lowest BCUT2D eigenvalue weighted by Gasteiger charge is -2.57. The van der Waals surface area contributed by atoms with E-state index in [0.29, 0.717) is 37.8 Å². The molecule has 3 unspecified atom stereocenters. The summed E-state index contributed by atoms with van der Waals surface area (Å²) >= 11 is 0. The molecule has 0 radical (unpaired) electrons. The largest absolute Gasteiger partial charge is 0.396 e. The van der Waals surface area contributed by atoms with Crippen molar-refractivity contribution < 1.29 is 14.6 Å². The van der Waals surface area contributed by atoms with Crippen molar-refractivity contribution in [1.29, 1.82) is 0 Å². The lowest BCUT2D eigenvalue weighted by atomic mass is 9.54. The van der Waals surface area contributed by atoms with Gasteiger partial charge in [0.25, 0.3) is 0 Å². The van der Waals surface area contributed by atoms with Crippen LogP contribution in [0.4, 0.5) is 0 Å². The Morgan fingerprint density at radius 1 is 1.43 bits per heavy atom. The van der Waals surface area contributed by atoms with Gasteiger partial charge in [-0.25, -0.2) is 0 Å². The number of nitrogens with one attached hydrogen (secondary N) is 1. The van der Waals surface area contributed by atoms with Crippen LogP contribution in [0.5, 0.6) is 0 Å². The van der Waals surface area contributed by atoms with Crippen LogP contribution in [0.2, 0.25) is 0 Å². The van der Waals surface area contributed by atoms with Crippen molar-refractivity contribution in [2.45, 2.75) is 65.5 Å². The van der Waals surface area contributed by atoms with Crippen LogP contribution in [0.1, 0.15) is 53.9 Å². The summed E-state index contributed by atoms with van der Waals surface area (Å²) in [6, 6.07) is 0. The number of carbonyl (C=O) groups excluding carboxylic acids is 1. The SMILES string of the molecule is CCOC1CC(N)(C(=O)NCC(CCO)CC(C)C)C1(C)C.Cl. The Hall–Kier alpha value is -0.360. The number of halogens is 1. The summed E-state index contributed by atoms with van der Waals surface area (Å²) in [5.74, 6) is 0.742. The molecule has 138 valence electrons. The minimum absolute atomic E-state index is 0. The molecular formula is C17H35ClN2O3. The molecule has 0 spiro atoms. The van der Waals surface area contributed by atoms with Crippen molar-refractivity contribution in [2.75, 3.05) is 19.8 Å². The maximum absolute atomic E-state index is 12.6. The number of amides is 1. The average Bonchev–Trinajstić information content (AvgIpc) is 2.43. The molecule has 3 atom stereocenters. The highest BCUT2D eigenvalue weighted by Gasteiger charge is 2.62. The van der Waals surface area contributed by atoms with E-state index < -0.39 is 5.54 Å². The van der Waals surface area contributed by atoms with Crippen LogP contribution in [-0.4, -0.2) is 42.4 Å². The molecule has 0 aromatic heterocycles. The molecule has 23 heavy (non-hydrogen) atoms. The predicted molar refractivity (Wildman–Crippen MR) is 95.6 cm³/mol. The molecule has 1 fully saturated rings. The standard InChI is InChI=1S/C17H34N2O3.ClH/c1-6-22-14-10-17(18,16(14,4)5)15(21)19-11-13(7-8-20)9-12(2)3;/h12-14,20H,6-11,18H2,1-5H3,(H,19,21);1H. The molecule has 0 aromatic carbocycles. The zero-order chi connectivity index (χ0) is 17.0. The van der Waals surface area contributed by atoms with Crippen LogP contribution >= 0.6 is 12.4 Å². The summed E-state index contributed by atoms with van der Waals surface area (Å²) in [4.78, 5) is 12.6. The van der Waals surface area contributed by atoms with Gasteiger partial charge in [0.05, 0.1) is 6.10 Å². The molecule has 1 rings (SSSR count). The van der Waals surface area contributed by atoms with Gasteiger partial charge in [-0.3, -0.25) is 4.79 Å². The van der Waals surface area contributed by atoms with Crippen molar-refractivity contribution in [3.05, 3.63) is 0 Å². The molecule has 6 heteroatoms. The van der Waals surface area contributed by atoms with Gasteiger partial charge in [0, 0.05) is 31.6 Å². The highest BCUT2D eigenvalue weighted by Crippen LogP contribution is 2.49. The van der Waals surface area contributed by atoms with E-state index >= 15 is 0 Å². The summed E-state index contributed by atoms with van der Waals surface area (Å²) in [6.45, 7) is 11.6. The van der Waals surface area contributed by atoms with E-state index in [4.69, 9.17) is 15.6 Å². The maximum Gasteiger partial charge on any atom is 0.240 e. The van der Waals surface area contributed by atoms with Gasteiger partial charge in [0.2, 0.25) is 5.91 Å². The number of carbonyl (C=O) groups is 1. The molecule has 0 aliphatic heterocycles. The number of rotatable bonds is 9. The monoisotopic (exact) mass is 350 g/mol. The summed E-state index contributed by atoms with van der Waals surface area (Å²) in [5, 5.41) is 12.2. The number of aliphatic hydroxyl groups is 1. The molecule has 0 bridgehead atoms. The smallest absolute Gasteiger partial charge is 0.240 e. The Labute approximate surface area is 147 Å². The van der Waals surface area contributed by atoms with Gasteiger partial charge in [0.15, 0.2) is 0 Å². The second-order valence-electron chi connectivity index (χ2n) is 7.56. The van der Waals surface area contributed by atoms with E-state index in [1.54, 1.807) is 0 Å². The maximum atomic E-state index is 12.6. The van der Waals surface area contributed by atoms with Crippen LogP contribution in [-0.2, 0) is 9.53 Å². The molecule has 1 amide bonds. The molecule has 5 nitrogen and oxygen atoms in total. The lowest BCUT2D eigenvalue weighted by molar-refractivity contribution is -0.170. The zero-order valence-electron chi connectivity index (χ0n) is 15.2. The second kappa shape index (κ2) is 9.21. The average molecular weight is 351 g/mol. The Balaban J connectivity index is 0.00000484. The zero-order valence-corrected chi connectivity index (χ0v) is 16.0. The molecule has 1 aliphatic carbocycles. The van der Waals surface area contributed by atoms with Crippen molar-refractivity contribution in [1.82, 2.24) is 5.32 Å². The van der Waals surface area contributed by atoms with Crippen molar-refractivity contribution >= 4 is 18.3 Å². The first kappa shape index (κ1) is 22.6. The summed E-state index contributed by atoms with van der Waals surface area (Å²) < 4.78 is 5.66. The molecular weight excluding hydrogens is 316 g/mol. The van der Waals surface area contributed by atoms with Crippen LogP contribution in [0.15, 0.2) is 0 Å². The third-order valence-electron chi connectivity index (χ3n) is 5.13. The molecule has 0 aromatic rings. The van der Waals surface area contributed by atoms with E-state index in [9.17, 15) is 4.79 Å². The van der Waals surface area contributed by atoms with Gasteiger partial charge >= 0.3 is 0 Å². The fraction of sp³-hybridized carbons (Fsp3) is 0.941. The summed E-state index contributed by atoms with van der Waals surface area (Å²) in [6.07, 6.45) is 2.30. The van der Waals surface area contributed by atoms with Crippen molar-refractivity contribution in [3.8, 4) is 0 Å². The molecule has 0 saturated heterocycles. The molecule has 0 heterocycles. The van der Waals surface area contributed by atoms with Gasteiger partial charge in [-0.05, 0) is 31.6 Å².